The Bertz CT molecular complexity index is 1290. The van der Waals surface area contributed by atoms with E-state index in [1.54, 1.807) is 6.07 Å². The van der Waals surface area contributed by atoms with Gasteiger partial charge in [-0.05, 0) is 43.5 Å². The minimum atomic E-state index is -0.364. The van der Waals surface area contributed by atoms with Crippen LogP contribution in [0, 0.1) is 13.8 Å². The monoisotopic (exact) mass is 401 g/mol. The molecule has 7 nitrogen and oxygen atoms in total. The van der Waals surface area contributed by atoms with Crippen molar-refractivity contribution in [1.29, 1.82) is 0 Å². The van der Waals surface area contributed by atoms with Crippen LogP contribution in [-0.2, 0) is 17.8 Å². The maximum absolute atomic E-state index is 12.8. The van der Waals surface area contributed by atoms with Crippen LogP contribution in [0.5, 0.6) is 0 Å². The van der Waals surface area contributed by atoms with Crippen molar-refractivity contribution in [2.45, 2.75) is 33.7 Å². The van der Waals surface area contributed by atoms with E-state index in [0.29, 0.717) is 11.2 Å². The highest BCUT2D eigenvalue weighted by molar-refractivity contribution is 5.91. The molecule has 2 heterocycles. The summed E-state index contributed by atoms with van der Waals surface area (Å²) in [5, 5.41) is 11.4. The molecular weight excluding hydrogens is 378 g/mol. The van der Waals surface area contributed by atoms with Gasteiger partial charge in [-0.1, -0.05) is 48.9 Å². The van der Waals surface area contributed by atoms with Gasteiger partial charge in [-0.25, -0.2) is 9.20 Å². The van der Waals surface area contributed by atoms with Crippen molar-refractivity contribution in [2.75, 3.05) is 5.32 Å². The first-order valence-corrected chi connectivity index (χ1v) is 9.86. The van der Waals surface area contributed by atoms with Crippen molar-refractivity contribution < 1.29 is 4.79 Å². The fourth-order valence-electron chi connectivity index (χ4n) is 3.38. The van der Waals surface area contributed by atoms with Crippen LogP contribution in [0.25, 0.3) is 16.8 Å². The van der Waals surface area contributed by atoms with Crippen LogP contribution >= 0.6 is 0 Å². The van der Waals surface area contributed by atoms with Crippen LogP contribution in [0.3, 0.4) is 0 Å². The Kier molecular flexibility index (Phi) is 5.18. The van der Waals surface area contributed by atoms with Crippen molar-refractivity contribution in [3.05, 3.63) is 81.9 Å². The van der Waals surface area contributed by atoms with Crippen LogP contribution in [0.2, 0.25) is 0 Å². The van der Waals surface area contributed by atoms with Crippen molar-refractivity contribution in [3.8, 4) is 11.3 Å². The Morgan fingerprint density at radius 1 is 1.07 bits per heavy atom. The molecule has 4 rings (SSSR count). The summed E-state index contributed by atoms with van der Waals surface area (Å²) in [6, 6.07) is 15.6. The van der Waals surface area contributed by atoms with Gasteiger partial charge in [0.1, 0.15) is 18.4 Å². The topological polar surface area (TPSA) is 81.3 Å². The Hall–Kier alpha value is -3.74. The molecule has 30 heavy (non-hydrogen) atoms. The van der Waals surface area contributed by atoms with Crippen LogP contribution in [-0.4, -0.2) is 25.3 Å². The molecule has 0 radical (unpaired) electrons. The molecule has 0 fully saturated rings. The molecule has 2 aromatic heterocycles. The lowest BCUT2D eigenvalue weighted by Crippen LogP contribution is -2.30. The molecule has 0 bridgehead atoms. The summed E-state index contributed by atoms with van der Waals surface area (Å²) >= 11 is 0. The molecule has 4 aromatic rings. The van der Waals surface area contributed by atoms with E-state index in [9.17, 15) is 9.59 Å². The van der Waals surface area contributed by atoms with Crippen molar-refractivity contribution >= 4 is 17.1 Å². The van der Waals surface area contributed by atoms with Crippen LogP contribution in [0.15, 0.2) is 59.7 Å². The summed E-state index contributed by atoms with van der Waals surface area (Å²) < 4.78 is 2.60. The van der Waals surface area contributed by atoms with Gasteiger partial charge in [0.05, 0.1) is 5.69 Å². The second-order valence-electron chi connectivity index (χ2n) is 7.37. The maximum atomic E-state index is 12.8. The molecule has 152 valence electrons. The molecule has 2 aromatic carbocycles. The number of hydrogen-bond donors (Lipinski definition) is 1. The Labute approximate surface area is 174 Å². The average Bonchev–Trinajstić information content (AvgIpc) is 3.17. The van der Waals surface area contributed by atoms with Gasteiger partial charge in [-0.3, -0.25) is 9.59 Å². The van der Waals surface area contributed by atoms with Gasteiger partial charge in [0.2, 0.25) is 5.91 Å². The number of aromatic nitrogens is 4. The number of carbonyl (C=O) groups is 1. The van der Waals surface area contributed by atoms with E-state index in [1.165, 1.54) is 16.4 Å². The Morgan fingerprint density at radius 2 is 1.83 bits per heavy atom. The van der Waals surface area contributed by atoms with Gasteiger partial charge in [-0.15, -0.1) is 0 Å². The molecule has 7 heteroatoms. The number of amides is 1. The van der Waals surface area contributed by atoms with E-state index in [1.807, 2.05) is 56.3 Å². The standard InChI is InChI=1S/C23H23N5O2/c1-4-17-6-8-18(9-7-17)20-12-21-23(30)27(24-14-28(21)26-20)13-22(29)25-19-10-5-15(2)11-16(19)3/h5-12,14H,4,13H2,1-3H3,(H,25,29). The van der Waals surface area contributed by atoms with Gasteiger partial charge >= 0.3 is 0 Å². The second kappa shape index (κ2) is 7.94. The molecule has 0 unspecified atom stereocenters. The number of nitrogens with zero attached hydrogens (tertiary/aromatic N) is 4. The van der Waals surface area contributed by atoms with Crippen LogP contribution in [0.1, 0.15) is 23.6 Å². The maximum Gasteiger partial charge on any atom is 0.293 e. The van der Waals surface area contributed by atoms with E-state index in [0.717, 1.165) is 33.5 Å². The highest BCUT2D eigenvalue weighted by atomic mass is 16.2. The second-order valence-corrected chi connectivity index (χ2v) is 7.37. The molecule has 0 saturated carbocycles. The molecule has 0 spiro atoms. The lowest BCUT2D eigenvalue weighted by atomic mass is 10.1. The van der Waals surface area contributed by atoms with Crippen molar-refractivity contribution in [2.24, 2.45) is 0 Å². The van der Waals surface area contributed by atoms with Crippen LogP contribution in [0.4, 0.5) is 5.69 Å². The number of rotatable bonds is 5. The summed E-state index contributed by atoms with van der Waals surface area (Å²) in [7, 11) is 0. The molecule has 1 N–H and O–H groups in total. The van der Waals surface area contributed by atoms with Gasteiger partial charge in [-0.2, -0.15) is 10.2 Å². The third kappa shape index (κ3) is 3.87. The SMILES string of the molecule is CCc1ccc(-c2cc3c(=O)n(CC(=O)Nc4ccc(C)cc4C)ncn3n2)cc1. The van der Waals surface area contributed by atoms with Gasteiger partial charge in [0, 0.05) is 11.3 Å². The Morgan fingerprint density at radius 3 is 2.53 bits per heavy atom. The van der Waals surface area contributed by atoms with E-state index in [-0.39, 0.29) is 18.0 Å². The molecular formula is C23H23N5O2. The molecule has 0 aliphatic heterocycles. The minimum absolute atomic E-state index is 0.172. The number of aryl methyl sites for hydroxylation is 3. The smallest absolute Gasteiger partial charge is 0.293 e. The highest BCUT2D eigenvalue weighted by Gasteiger charge is 2.13. The van der Waals surface area contributed by atoms with Gasteiger partial charge in [0.25, 0.3) is 5.56 Å². The molecule has 1 amide bonds. The summed E-state index contributed by atoms with van der Waals surface area (Å²) in [6.07, 6.45) is 2.41. The summed E-state index contributed by atoms with van der Waals surface area (Å²) in [4.78, 5) is 25.3. The number of anilines is 1. The number of hydrogen-bond acceptors (Lipinski definition) is 4. The largest absolute Gasteiger partial charge is 0.324 e. The van der Waals surface area contributed by atoms with Gasteiger partial charge < -0.3 is 5.32 Å². The fraction of sp³-hybridized carbons (Fsp3) is 0.217. The normalized spacial score (nSPS) is 11.0. The summed E-state index contributed by atoms with van der Waals surface area (Å²) in [5.74, 6) is -0.309. The summed E-state index contributed by atoms with van der Waals surface area (Å²) in [6.45, 7) is 5.86. The molecule has 0 aliphatic rings. The van der Waals surface area contributed by atoms with E-state index >= 15 is 0 Å². The zero-order valence-electron chi connectivity index (χ0n) is 17.2. The van der Waals surface area contributed by atoms with Crippen molar-refractivity contribution in [3.63, 3.8) is 0 Å². The van der Waals surface area contributed by atoms with Gasteiger partial charge in [0.15, 0.2) is 0 Å². The lowest BCUT2D eigenvalue weighted by Gasteiger charge is -2.09. The molecule has 0 aliphatic carbocycles. The van der Waals surface area contributed by atoms with E-state index in [4.69, 9.17) is 0 Å². The quantitative estimate of drug-likeness (QED) is 0.556. The molecule has 0 saturated heterocycles. The predicted octanol–water partition coefficient (Wildman–Crippen LogP) is 3.38. The number of carbonyl (C=O) groups excluding carboxylic acids is 1. The fourth-order valence-corrected chi connectivity index (χ4v) is 3.38. The molecule has 0 atom stereocenters. The lowest BCUT2D eigenvalue weighted by molar-refractivity contribution is -0.117. The van der Waals surface area contributed by atoms with E-state index < -0.39 is 0 Å². The van der Waals surface area contributed by atoms with E-state index in [2.05, 4.69) is 22.4 Å². The third-order valence-electron chi connectivity index (χ3n) is 5.10. The highest BCUT2D eigenvalue weighted by Crippen LogP contribution is 2.19. The average molecular weight is 401 g/mol. The Balaban J connectivity index is 1.58. The third-order valence-corrected chi connectivity index (χ3v) is 5.10. The van der Waals surface area contributed by atoms with Crippen LogP contribution < -0.4 is 10.9 Å². The first-order chi connectivity index (χ1) is 14.4. The first-order valence-electron chi connectivity index (χ1n) is 9.86. The number of nitrogens with one attached hydrogen (secondary N) is 1. The predicted molar refractivity (Wildman–Crippen MR) is 117 cm³/mol. The number of benzene rings is 2. The zero-order valence-corrected chi connectivity index (χ0v) is 17.2. The number of fused-ring (bicyclic) bond motifs is 1. The first kappa shape index (κ1) is 19.6. The zero-order chi connectivity index (χ0) is 21.3. The minimum Gasteiger partial charge on any atom is -0.324 e. The summed E-state index contributed by atoms with van der Waals surface area (Å²) in [5.41, 5.74) is 5.67. The van der Waals surface area contributed by atoms with Crippen molar-refractivity contribution in [1.82, 2.24) is 19.4 Å².